The second-order valence-electron chi connectivity index (χ2n) is 3.82. The predicted octanol–water partition coefficient (Wildman–Crippen LogP) is 0.946. The maximum atomic E-state index is 11.8. The number of allylic oxidation sites excluding steroid dienone is 1. The Labute approximate surface area is 102 Å². The van der Waals surface area contributed by atoms with Crippen molar-refractivity contribution < 1.29 is 14.4 Å². The average molecular weight is 289 g/mol. The van der Waals surface area contributed by atoms with Crippen LogP contribution in [0.25, 0.3) is 0 Å². The molecule has 1 fully saturated rings. The summed E-state index contributed by atoms with van der Waals surface area (Å²) in [5.74, 6) is -1.39. The number of imide groups is 2. The number of amides is 4. The molecule has 0 atom stereocenters. The van der Waals surface area contributed by atoms with Gasteiger partial charge in [0, 0.05) is 5.33 Å². The molecule has 0 aromatic heterocycles. The molecule has 1 rings (SSSR count). The van der Waals surface area contributed by atoms with Crippen LogP contribution >= 0.6 is 15.9 Å². The highest BCUT2D eigenvalue weighted by atomic mass is 79.9. The van der Waals surface area contributed by atoms with Crippen LogP contribution in [0.5, 0.6) is 0 Å². The summed E-state index contributed by atoms with van der Waals surface area (Å²) in [6.45, 7) is 3.51. The van der Waals surface area contributed by atoms with Crippen LogP contribution < -0.4 is 10.6 Å². The Morgan fingerprint density at radius 3 is 2.12 bits per heavy atom. The number of carbonyl (C=O) groups is 3. The number of urea groups is 1. The van der Waals surface area contributed by atoms with E-state index in [1.165, 1.54) is 6.08 Å². The topological polar surface area (TPSA) is 75.3 Å². The van der Waals surface area contributed by atoms with E-state index in [4.69, 9.17) is 0 Å². The van der Waals surface area contributed by atoms with Crippen LogP contribution in [0.2, 0.25) is 0 Å². The molecule has 0 unspecified atom stereocenters. The molecule has 5 nitrogen and oxygen atoms in total. The number of hydrogen-bond acceptors (Lipinski definition) is 3. The van der Waals surface area contributed by atoms with E-state index < -0.39 is 23.3 Å². The van der Waals surface area contributed by atoms with Crippen molar-refractivity contribution >= 4 is 33.8 Å². The molecular formula is C10H13BrN2O3. The van der Waals surface area contributed by atoms with Crippen molar-refractivity contribution in [1.29, 1.82) is 0 Å². The third-order valence-corrected chi connectivity index (χ3v) is 2.96. The molecule has 0 aromatic rings. The van der Waals surface area contributed by atoms with Crippen LogP contribution in [0.1, 0.15) is 13.8 Å². The number of hydrogen-bond donors (Lipinski definition) is 2. The lowest BCUT2D eigenvalue weighted by atomic mass is 9.74. The van der Waals surface area contributed by atoms with Gasteiger partial charge in [-0.05, 0) is 5.92 Å². The molecule has 0 aromatic carbocycles. The highest BCUT2D eigenvalue weighted by molar-refractivity contribution is 9.09. The maximum absolute atomic E-state index is 11.8. The minimum atomic E-state index is -1.30. The summed E-state index contributed by atoms with van der Waals surface area (Å²) < 4.78 is 0. The number of alkyl halides is 1. The SMILES string of the molecule is CC(C)C1(C=CCBr)C(=O)NC(=O)NC1=O. The molecule has 88 valence electrons. The maximum Gasteiger partial charge on any atom is 0.328 e. The minimum Gasteiger partial charge on any atom is -0.277 e. The van der Waals surface area contributed by atoms with E-state index in [0.717, 1.165) is 0 Å². The first-order valence-electron chi connectivity index (χ1n) is 4.85. The summed E-state index contributed by atoms with van der Waals surface area (Å²) in [5.41, 5.74) is -1.30. The minimum absolute atomic E-state index is 0.240. The van der Waals surface area contributed by atoms with E-state index in [2.05, 4.69) is 26.6 Å². The molecule has 0 saturated carbocycles. The fraction of sp³-hybridized carbons (Fsp3) is 0.500. The molecule has 6 heteroatoms. The molecule has 0 spiro atoms. The molecule has 0 aliphatic carbocycles. The molecule has 0 radical (unpaired) electrons. The largest absolute Gasteiger partial charge is 0.328 e. The molecule has 2 N–H and O–H groups in total. The zero-order valence-electron chi connectivity index (χ0n) is 9.04. The van der Waals surface area contributed by atoms with Crippen molar-refractivity contribution in [3.8, 4) is 0 Å². The van der Waals surface area contributed by atoms with Gasteiger partial charge in [-0.3, -0.25) is 20.2 Å². The lowest BCUT2D eigenvalue weighted by Gasteiger charge is -2.34. The molecule has 1 saturated heterocycles. The van der Waals surface area contributed by atoms with E-state index in [9.17, 15) is 14.4 Å². The monoisotopic (exact) mass is 288 g/mol. The standard InChI is InChI=1S/C10H13BrN2O3/c1-6(2)10(4-3-5-11)7(14)12-9(16)13-8(10)15/h3-4,6H,5H2,1-2H3,(H2,12,13,14,15,16). The normalized spacial score (nSPS) is 20.1. The summed E-state index contributed by atoms with van der Waals surface area (Å²) in [5, 5.41) is 4.77. The highest BCUT2D eigenvalue weighted by Gasteiger charge is 2.50. The Kier molecular flexibility index (Phi) is 3.85. The summed E-state index contributed by atoms with van der Waals surface area (Å²) >= 11 is 3.18. The molecule has 4 amide bonds. The lowest BCUT2D eigenvalue weighted by molar-refractivity contribution is -0.143. The number of halogens is 1. The fourth-order valence-electron chi connectivity index (χ4n) is 1.65. The second-order valence-corrected chi connectivity index (χ2v) is 4.47. The van der Waals surface area contributed by atoms with Crippen molar-refractivity contribution in [2.75, 3.05) is 5.33 Å². The van der Waals surface area contributed by atoms with Gasteiger partial charge in [0.25, 0.3) is 0 Å². The molecule has 1 aliphatic rings. The predicted molar refractivity (Wildman–Crippen MR) is 61.9 cm³/mol. The first-order valence-corrected chi connectivity index (χ1v) is 5.97. The van der Waals surface area contributed by atoms with Gasteiger partial charge in [0.1, 0.15) is 5.41 Å². The number of barbiturate groups is 1. The van der Waals surface area contributed by atoms with Crippen molar-refractivity contribution in [2.45, 2.75) is 13.8 Å². The first-order chi connectivity index (χ1) is 7.45. The molecule has 1 aliphatic heterocycles. The third-order valence-electron chi connectivity index (χ3n) is 2.59. The van der Waals surface area contributed by atoms with Gasteiger partial charge in [-0.15, -0.1) is 0 Å². The van der Waals surface area contributed by atoms with Crippen LogP contribution in [0.3, 0.4) is 0 Å². The Bertz CT molecular complexity index is 343. The van der Waals surface area contributed by atoms with Crippen LogP contribution in [0.4, 0.5) is 4.79 Å². The number of nitrogens with one attached hydrogen (secondary N) is 2. The van der Waals surface area contributed by atoms with Gasteiger partial charge in [0.2, 0.25) is 11.8 Å². The van der Waals surface area contributed by atoms with Crippen molar-refractivity contribution in [3.05, 3.63) is 12.2 Å². The fourth-order valence-corrected chi connectivity index (χ4v) is 1.83. The van der Waals surface area contributed by atoms with Gasteiger partial charge < -0.3 is 0 Å². The number of rotatable bonds is 3. The van der Waals surface area contributed by atoms with Gasteiger partial charge >= 0.3 is 6.03 Å². The van der Waals surface area contributed by atoms with Crippen molar-refractivity contribution in [3.63, 3.8) is 0 Å². The van der Waals surface area contributed by atoms with Gasteiger partial charge in [0.05, 0.1) is 0 Å². The summed E-state index contributed by atoms with van der Waals surface area (Å²) in [7, 11) is 0. The summed E-state index contributed by atoms with van der Waals surface area (Å²) in [6.07, 6.45) is 3.21. The van der Waals surface area contributed by atoms with Crippen molar-refractivity contribution in [2.24, 2.45) is 11.3 Å². The zero-order chi connectivity index (χ0) is 12.3. The lowest BCUT2D eigenvalue weighted by Crippen LogP contribution is -2.63. The first kappa shape index (κ1) is 12.9. The van der Waals surface area contributed by atoms with Crippen LogP contribution in [-0.4, -0.2) is 23.2 Å². The van der Waals surface area contributed by atoms with Crippen LogP contribution in [0, 0.1) is 11.3 Å². The number of carbonyl (C=O) groups excluding carboxylic acids is 3. The van der Waals surface area contributed by atoms with Gasteiger partial charge in [-0.2, -0.15) is 0 Å². The summed E-state index contributed by atoms with van der Waals surface area (Å²) in [4.78, 5) is 34.6. The highest BCUT2D eigenvalue weighted by Crippen LogP contribution is 2.32. The molecule has 0 bridgehead atoms. The molecular weight excluding hydrogens is 276 g/mol. The van der Waals surface area contributed by atoms with Gasteiger partial charge in [0.15, 0.2) is 0 Å². The van der Waals surface area contributed by atoms with Crippen LogP contribution in [0.15, 0.2) is 12.2 Å². The second kappa shape index (κ2) is 4.78. The van der Waals surface area contributed by atoms with E-state index in [1.807, 2.05) is 0 Å². The Morgan fingerprint density at radius 1 is 1.25 bits per heavy atom. The Balaban J connectivity index is 3.17. The van der Waals surface area contributed by atoms with E-state index in [-0.39, 0.29) is 5.92 Å². The zero-order valence-corrected chi connectivity index (χ0v) is 10.6. The van der Waals surface area contributed by atoms with Gasteiger partial charge in [-0.1, -0.05) is 41.9 Å². The molecule has 1 heterocycles. The van der Waals surface area contributed by atoms with E-state index >= 15 is 0 Å². The molecule has 16 heavy (non-hydrogen) atoms. The third kappa shape index (κ3) is 2.02. The van der Waals surface area contributed by atoms with E-state index in [0.29, 0.717) is 5.33 Å². The van der Waals surface area contributed by atoms with E-state index in [1.54, 1.807) is 19.9 Å². The van der Waals surface area contributed by atoms with Gasteiger partial charge in [-0.25, -0.2) is 4.79 Å². The van der Waals surface area contributed by atoms with Crippen LogP contribution in [-0.2, 0) is 9.59 Å². The average Bonchev–Trinajstić information content (AvgIpc) is 2.16. The summed E-state index contributed by atoms with van der Waals surface area (Å²) in [6, 6.07) is -0.765. The Morgan fingerprint density at radius 2 is 1.75 bits per heavy atom. The smallest absolute Gasteiger partial charge is 0.277 e. The Hall–Kier alpha value is -1.17. The van der Waals surface area contributed by atoms with Crippen molar-refractivity contribution in [1.82, 2.24) is 10.6 Å². The quantitative estimate of drug-likeness (QED) is 0.461.